The van der Waals surface area contributed by atoms with E-state index in [0.717, 1.165) is 16.6 Å². The Hall–Kier alpha value is -2.46. The van der Waals surface area contributed by atoms with Crippen LogP contribution in [0, 0.1) is 17.0 Å². The summed E-state index contributed by atoms with van der Waals surface area (Å²) < 4.78 is 0. The fourth-order valence-electron chi connectivity index (χ4n) is 2.59. The van der Waals surface area contributed by atoms with Gasteiger partial charge in [0.2, 0.25) is 0 Å². The van der Waals surface area contributed by atoms with Crippen molar-refractivity contribution in [1.29, 1.82) is 0 Å². The quantitative estimate of drug-likeness (QED) is 0.520. The number of hydrogen-bond donors (Lipinski definition) is 0. The Kier molecular flexibility index (Phi) is 3.77. The summed E-state index contributed by atoms with van der Waals surface area (Å²) in [6.45, 7) is 1.75. The van der Waals surface area contributed by atoms with E-state index in [-0.39, 0.29) is 10.6 Å². The third-order valence-electron chi connectivity index (χ3n) is 3.67. The number of rotatable bonds is 3. The normalized spacial score (nSPS) is 10.8. The maximum atomic E-state index is 11.3. The summed E-state index contributed by atoms with van der Waals surface area (Å²) >= 11 is 5.89. The Morgan fingerprint density at radius 1 is 1.09 bits per heavy atom. The molecule has 0 radical (unpaired) electrons. The maximum absolute atomic E-state index is 11.3. The molecule has 1 heterocycles. The fraction of sp³-hybridized carbons (Fsp3) is 0.118. The van der Waals surface area contributed by atoms with E-state index in [9.17, 15) is 10.1 Å². The van der Waals surface area contributed by atoms with Crippen molar-refractivity contribution in [3.05, 3.63) is 80.6 Å². The first-order chi connectivity index (χ1) is 10.6. The van der Waals surface area contributed by atoms with Gasteiger partial charge in [-0.25, -0.2) is 0 Å². The molecule has 110 valence electrons. The minimum atomic E-state index is -0.330. The number of pyridine rings is 1. The largest absolute Gasteiger partial charge is 0.280 e. The van der Waals surface area contributed by atoms with Gasteiger partial charge in [-0.05, 0) is 30.7 Å². The average molecular weight is 313 g/mol. The molecule has 0 aliphatic rings. The first-order valence-electron chi connectivity index (χ1n) is 6.82. The van der Waals surface area contributed by atoms with Gasteiger partial charge in [0.1, 0.15) is 0 Å². The van der Waals surface area contributed by atoms with Crippen molar-refractivity contribution < 1.29 is 4.92 Å². The van der Waals surface area contributed by atoms with E-state index in [1.807, 2.05) is 30.3 Å². The van der Waals surface area contributed by atoms with Crippen LogP contribution in [0.5, 0.6) is 0 Å². The topological polar surface area (TPSA) is 56.0 Å². The van der Waals surface area contributed by atoms with Crippen molar-refractivity contribution in [3.8, 4) is 0 Å². The first kappa shape index (κ1) is 14.5. The van der Waals surface area contributed by atoms with E-state index in [2.05, 4.69) is 4.98 Å². The minimum Gasteiger partial charge on any atom is -0.260 e. The van der Waals surface area contributed by atoms with Gasteiger partial charge in [0.15, 0.2) is 0 Å². The smallest absolute Gasteiger partial charge is 0.260 e. The van der Waals surface area contributed by atoms with Gasteiger partial charge in [-0.2, -0.15) is 0 Å². The van der Waals surface area contributed by atoms with Gasteiger partial charge in [0.05, 0.1) is 16.0 Å². The molecule has 1 aromatic heterocycles. The van der Waals surface area contributed by atoms with E-state index in [1.54, 1.807) is 25.3 Å². The SMILES string of the molecule is Cc1ccc2c(Cc3ccc(Cl)cc3)nccc2c1[N+](=O)[O-]. The molecule has 2 aromatic carbocycles. The number of aryl methyl sites for hydroxylation is 1. The lowest BCUT2D eigenvalue weighted by Gasteiger charge is -2.08. The lowest BCUT2D eigenvalue weighted by atomic mass is 10.0. The maximum Gasteiger partial charge on any atom is 0.280 e. The molecule has 0 unspecified atom stereocenters. The van der Waals surface area contributed by atoms with Crippen LogP contribution in [0.1, 0.15) is 16.8 Å². The number of fused-ring (bicyclic) bond motifs is 1. The second-order valence-corrected chi connectivity index (χ2v) is 5.58. The number of halogens is 1. The van der Waals surface area contributed by atoms with E-state index in [4.69, 9.17) is 11.6 Å². The zero-order valence-electron chi connectivity index (χ0n) is 11.9. The zero-order valence-corrected chi connectivity index (χ0v) is 12.7. The van der Waals surface area contributed by atoms with E-state index in [0.29, 0.717) is 22.4 Å². The van der Waals surface area contributed by atoms with Crippen molar-refractivity contribution in [1.82, 2.24) is 4.98 Å². The lowest BCUT2D eigenvalue weighted by Crippen LogP contribution is -1.98. The predicted octanol–water partition coefficient (Wildman–Crippen LogP) is 4.70. The fourth-order valence-corrected chi connectivity index (χ4v) is 2.71. The predicted molar refractivity (Wildman–Crippen MR) is 87.4 cm³/mol. The minimum absolute atomic E-state index is 0.150. The molecular weight excluding hydrogens is 300 g/mol. The Balaban J connectivity index is 2.13. The molecular formula is C17H13ClN2O2. The lowest BCUT2D eigenvalue weighted by molar-refractivity contribution is -0.383. The molecule has 4 nitrogen and oxygen atoms in total. The molecule has 0 spiro atoms. The number of benzene rings is 2. The molecule has 3 aromatic rings. The summed E-state index contributed by atoms with van der Waals surface area (Å²) in [5.74, 6) is 0. The van der Waals surface area contributed by atoms with Gasteiger partial charge in [-0.1, -0.05) is 35.9 Å². The molecule has 0 saturated heterocycles. The van der Waals surface area contributed by atoms with Gasteiger partial charge in [-0.3, -0.25) is 15.1 Å². The van der Waals surface area contributed by atoms with Crippen LogP contribution in [0.4, 0.5) is 5.69 Å². The summed E-state index contributed by atoms with van der Waals surface area (Å²) in [7, 11) is 0. The van der Waals surface area contributed by atoms with Crippen LogP contribution < -0.4 is 0 Å². The second kappa shape index (κ2) is 5.73. The number of nitro groups is 1. The van der Waals surface area contributed by atoms with Crippen LogP contribution in [0.3, 0.4) is 0 Å². The molecule has 0 aliphatic carbocycles. The molecule has 0 amide bonds. The highest BCUT2D eigenvalue weighted by Gasteiger charge is 2.17. The summed E-state index contributed by atoms with van der Waals surface area (Å²) in [5, 5.41) is 13.4. The van der Waals surface area contributed by atoms with Crippen molar-refractivity contribution in [3.63, 3.8) is 0 Å². The van der Waals surface area contributed by atoms with Gasteiger partial charge >= 0.3 is 0 Å². The highest BCUT2D eigenvalue weighted by molar-refractivity contribution is 6.30. The summed E-state index contributed by atoms with van der Waals surface area (Å²) in [6, 6.07) is 12.9. The molecule has 0 atom stereocenters. The molecule has 0 saturated carbocycles. The van der Waals surface area contributed by atoms with E-state index in [1.165, 1.54) is 0 Å². The first-order valence-corrected chi connectivity index (χ1v) is 7.20. The Morgan fingerprint density at radius 3 is 2.50 bits per heavy atom. The number of nitro benzene ring substituents is 1. The summed E-state index contributed by atoms with van der Waals surface area (Å²) in [4.78, 5) is 15.4. The van der Waals surface area contributed by atoms with Crippen molar-refractivity contribution >= 4 is 28.1 Å². The summed E-state index contributed by atoms with van der Waals surface area (Å²) in [6.07, 6.45) is 2.23. The van der Waals surface area contributed by atoms with Crippen LogP contribution in [0.2, 0.25) is 5.02 Å². The van der Waals surface area contributed by atoms with Crippen LogP contribution in [-0.4, -0.2) is 9.91 Å². The zero-order chi connectivity index (χ0) is 15.7. The molecule has 0 aliphatic heterocycles. The Bertz CT molecular complexity index is 860. The Labute approximate surface area is 132 Å². The van der Waals surface area contributed by atoms with E-state index < -0.39 is 0 Å². The van der Waals surface area contributed by atoms with Crippen LogP contribution in [0.25, 0.3) is 10.8 Å². The van der Waals surface area contributed by atoms with E-state index >= 15 is 0 Å². The monoisotopic (exact) mass is 312 g/mol. The third-order valence-corrected chi connectivity index (χ3v) is 3.92. The average Bonchev–Trinajstić information content (AvgIpc) is 2.49. The highest BCUT2D eigenvalue weighted by atomic mass is 35.5. The molecule has 0 N–H and O–H groups in total. The van der Waals surface area contributed by atoms with Gasteiger partial charge < -0.3 is 0 Å². The molecule has 22 heavy (non-hydrogen) atoms. The molecule has 0 fully saturated rings. The van der Waals surface area contributed by atoms with Gasteiger partial charge in [-0.15, -0.1) is 0 Å². The molecule has 0 bridgehead atoms. The molecule has 5 heteroatoms. The van der Waals surface area contributed by atoms with Crippen molar-refractivity contribution in [2.75, 3.05) is 0 Å². The van der Waals surface area contributed by atoms with Crippen molar-refractivity contribution in [2.24, 2.45) is 0 Å². The highest BCUT2D eigenvalue weighted by Crippen LogP contribution is 2.31. The Morgan fingerprint density at radius 2 is 1.82 bits per heavy atom. The van der Waals surface area contributed by atoms with Crippen LogP contribution in [-0.2, 0) is 6.42 Å². The third kappa shape index (κ3) is 2.65. The van der Waals surface area contributed by atoms with Gasteiger partial charge in [0.25, 0.3) is 5.69 Å². The second-order valence-electron chi connectivity index (χ2n) is 5.14. The van der Waals surface area contributed by atoms with Crippen molar-refractivity contribution in [2.45, 2.75) is 13.3 Å². The standard InChI is InChI=1S/C17H13ClN2O2/c1-11-2-7-14-15(17(11)20(21)22)8-9-19-16(14)10-12-3-5-13(18)6-4-12/h2-9H,10H2,1H3. The number of aromatic nitrogens is 1. The van der Waals surface area contributed by atoms with Crippen LogP contribution >= 0.6 is 11.6 Å². The summed E-state index contributed by atoms with van der Waals surface area (Å²) in [5.41, 5.74) is 2.69. The van der Waals surface area contributed by atoms with Crippen LogP contribution in [0.15, 0.2) is 48.7 Å². The molecule has 3 rings (SSSR count). The number of nitrogens with zero attached hydrogens (tertiary/aromatic N) is 2. The number of hydrogen-bond acceptors (Lipinski definition) is 3. The van der Waals surface area contributed by atoms with Gasteiger partial charge in [0, 0.05) is 28.6 Å².